The molecule has 0 aromatic heterocycles. The van der Waals surface area contributed by atoms with Gasteiger partial charge >= 0.3 is 0 Å². The van der Waals surface area contributed by atoms with Crippen LogP contribution in [0.4, 0.5) is 5.69 Å². The van der Waals surface area contributed by atoms with Crippen molar-refractivity contribution in [3.8, 4) is 11.8 Å². The van der Waals surface area contributed by atoms with Gasteiger partial charge in [-0.3, -0.25) is 4.79 Å². The summed E-state index contributed by atoms with van der Waals surface area (Å²) in [4.78, 5) is 12.2. The van der Waals surface area contributed by atoms with Gasteiger partial charge in [-0.05, 0) is 55.3 Å². The number of benzene rings is 2. The molecule has 0 aliphatic heterocycles. The van der Waals surface area contributed by atoms with Crippen LogP contribution < -0.4 is 10.1 Å². The standard InChI is InChI=1S/C19H18N2O2/c1-3-23-18-10-8-17(9-11-18)21-19(22)16(13-20)12-15-7-5-4-6-14(15)2/h4-12H,3H2,1-2H3,(H,21,22)/b16-12+. The summed E-state index contributed by atoms with van der Waals surface area (Å²) in [5, 5.41) is 12.0. The summed E-state index contributed by atoms with van der Waals surface area (Å²) in [6, 6.07) is 16.6. The van der Waals surface area contributed by atoms with Crippen molar-refractivity contribution in [1.29, 1.82) is 5.26 Å². The largest absolute Gasteiger partial charge is 0.494 e. The third-order valence-electron chi connectivity index (χ3n) is 3.28. The van der Waals surface area contributed by atoms with Crippen molar-refractivity contribution in [2.75, 3.05) is 11.9 Å². The number of carbonyl (C=O) groups excluding carboxylic acids is 1. The lowest BCUT2D eigenvalue weighted by atomic mass is 10.1. The molecule has 23 heavy (non-hydrogen) atoms. The molecule has 0 atom stereocenters. The smallest absolute Gasteiger partial charge is 0.266 e. The van der Waals surface area contributed by atoms with Crippen LogP contribution in [0.5, 0.6) is 5.75 Å². The number of hydrogen-bond acceptors (Lipinski definition) is 3. The van der Waals surface area contributed by atoms with E-state index in [1.807, 2.05) is 44.2 Å². The SMILES string of the molecule is CCOc1ccc(NC(=O)/C(C#N)=C/c2ccccc2C)cc1. The molecule has 0 saturated carbocycles. The zero-order chi connectivity index (χ0) is 16.7. The highest BCUT2D eigenvalue weighted by molar-refractivity contribution is 6.09. The highest BCUT2D eigenvalue weighted by atomic mass is 16.5. The van der Waals surface area contributed by atoms with Crippen molar-refractivity contribution >= 4 is 17.7 Å². The average molecular weight is 306 g/mol. The predicted molar refractivity (Wildman–Crippen MR) is 91.0 cm³/mol. The average Bonchev–Trinajstić information content (AvgIpc) is 2.56. The summed E-state index contributed by atoms with van der Waals surface area (Å²) in [5.41, 5.74) is 2.54. The van der Waals surface area contributed by atoms with Gasteiger partial charge in [0, 0.05) is 5.69 Å². The van der Waals surface area contributed by atoms with Gasteiger partial charge in [0.25, 0.3) is 5.91 Å². The molecule has 0 aliphatic carbocycles. The van der Waals surface area contributed by atoms with E-state index < -0.39 is 5.91 Å². The molecule has 0 aliphatic rings. The van der Waals surface area contributed by atoms with Crippen LogP contribution in [-0.4, -0.2) is 12.5 Å². The summed E-state index contributed by atoms with van der Waals surface area (Å²) in [6.07, 6.45) is 1.60. The van der Waals surface area contributed by atoms with Gasteiger partial charge in [-0.15, -0.1) is 0 Å². The van der Waals surface area contributed by atoms with Crippen molar-refractivity contribution < 1.29 is 9.53 Å². The van der Waals surface area contributed by atoms with Crippen LogP contribution in [0.15, 0.2) is 54.1 Å². The van der Waals surface area contributed by atoms with Gasteiger partial charge in [0.15, 0.2) is 0 Å². The van der Waals surface area contributed by atoms with E-state index in [0.717, 1.165) is 16.9 Å². The summed E-state index contributed by atoms with van der Waals surface area (Å²) < 4.78 is 5.35. The van der Waals surface area contributed by atoms with Crippen LogP contribution in [0, 0.1) is 18.3 Å². The lowest BCUT2D eigenvalue weighted by Crippen LogP contribution is -2.13. The summed E-state index contributed by atoms with van der Waals surface area (Å²) in [5.74, 6) is 0.307. The first-order valence-corrected chi connectivity index (χ1v) is 7.35. The Kier molecular flexibility index (Phi) is 5.54. The number of aryl methyl sites for hydroxylation is 1. The first-order valence-electron chi connectivity index (χ1n) is 7.35. The van der Waals surface area contributed by atoms with Gasteiger partial charge in [0.05, 0.1) is 6.61 Å². The highest BCUT2D eigenvalue weighted by Gasteiger charge is 2.10. The number of anilines is 1. The lowest BCUT2D eigenvalue weighted by Gasteiger charge is -2.07. The number of ether oxygens (including phenoxy) is 1. The first kappa shape index (κ1) is 16.3. The Hall–Kier alpha value is -3.06. The minimum Gasteiger partial charge on any atom is -0.494 e. The van der Waals surface area contributed by atoms with Crippen molar-refractivity contribution in [2.45, 2.75) is 13.8 Å². The predicted octanol–water partition coefficient (Wildman–Crippen LogP) is 3.94. The van der Waals surface area contributed by atoms with Gasteiger partial charge in [-0.2, -0.15) is 5.26 Å². The molecular weight excluding hydrogens is 288 g/mol. The van der Waals surface area contributed by atoms with Gasteiger partial charge in [-0.25, -0.2) is 0 Å². The minimum absolute atomic E-state index is 0.0631. The van der Waals surface area contributed by atoms with Crippen molar-refractivity contribution in [3.63, 3.8) is 0 Å². The topological polar surface area (TPSA) is 62.1 Å². The van der Waals surface area contributed by atoms with E-state index in [1.54, 1.807) is 30.3 Å². The van der Waals surface area contributed by atoms with Crippen molar-refractivity contribution in [3.05, 3.63) is 65.2 Å². The van der Waals surface area contributed by atoms with Crippen LogP contribution in [0.2, 0.25) is 0 Å². The molecule has 0 radical (unpaired) electrons. The number of nitrogens with zero attached hydrogens (tertiary/aromatic N) is 1. The molecule has 0 saturated heterocycles. The molecule has 2 aromatic carbocycles. The second-order valence-corrected chi connectivity index (χ2v) is 4.94. The number of nitrogens with one attached hydrogen (secondary N) is 1. The Morgan fingerprint density at radius 1 is 1.22 bits per heavy atom. The highest BCUT2D eigenvalue weighted by Crippen LogP contribution is 2.17. The fourth-order valence-corrected chi connectivity index (χ4v) is 2.05. The number of hydrogen-bond donors (Lipinski definition) is 1. The Morgan fingerprint density at radius 3 is 2.52 bits per heavy atom. The van der Waals surface area contributed by atoms with Gasteiger partial charge < -0.3 is 10.1 Å². The molecule has 0 spiro atoms. The summed E-state index contributed by atoms with van der Waals surface area (Å²) in [7, 11) is 0. The Balaban J connectivity index is 2.14. The minimum atomic E-state index is -0.431. The molecule has 0 unspecified atom stereocenters. The van der Waals surface area contributed by atoms with E-state index in [0.29, 0.717) is 12.3 Å². The van der Waals surface area contributed by atoms with E-state index in [4.69, 9.17) is 4.74 Å². The molecule has 2 aromatic rings. The normalized spacial score (nSPS) is 10.7. The van der Waals surface area contributed by atoms with Gasteiger partial charge in [-0.1, -0.05) is 24.3 Å². The molecule has 0 bridgehead atoms. The number of carbonyl (C=O) groups is 1. The second kappa shape index (κ2) is 7.81. The van der Waals surface area contributed by atoms with Crippen molar-refractivity contribution in [2.24, 2.45) is 0 Å². The maximum atomic E-state index is 12.2. The van der Waals surface area contributed by atoms with E-state index in [-0.39, 0.29) is 5.57 Å². The van der Waals surface area contributed by atoms with E-state index >= 15 is 0 Å². The zero-order valence-corrected chi connectivity index (χ0v) is 13.2. The van der Waals surface area contributed by atoms with Crippen LogP contribution in [0.25, 0.3) is 6.08 Å². The van der Waals surface area contributed by atoms with E-state index in [9.17, 15) is 10.1 Å². The maximum absolute atomic E-state index is 12.2. The Labute approximate surface area is 136 Å². The zero-order valence-electron chi connectivity index (χ0n) is 13.2. The third-order valence-corrected chi connectivity index (χ3v) is 3.28. The molecule has 0 heterocycles. The van der Waals surface area contributed by atoms with Crippen LogP contribution in [0.3, 0.4) is 0 Å². The second-order valence-electron chi connectivity index (χ2n) is 4.94. The number of amides is 1. The van der Waals surface area contributed by atoms with E-state index in [2.05, 4.69) is 5.32 Å². The van der Waals surface area contributed by atoms with Gasteiger partial charge in [0.1, 0.15) is 17.4 Å². The maximum Gasteiger partial charge on any atom is 0.266 e. The molecule has 0 fully saturated rings. The van der Waals surface area contributed by atoms with Crippen molar-refractivity contribution in [1.82, 2.24) is 0 Å². The molecule has 2 rings (SSSR count). The summed E-state index contributed by atoms with van der Waals surface area (Å²) in [6.45, 7) is 4.43. The molecule has 116 valence electrons. The van der Waals surface area contributed by atoms with Crippen LogP contribution in [-0.2, 0) is 4.79 Å². The molecule has 1 amide bonds. The Bertz CT molecular complexity index is 756. The van der Waals surface area contributed by atoms with Crippen LogP contribution >= 0.6 is 0 Å². The summed E-state index contributed by atoms with van der Waals surface area (Å²) >= 11 is 0. The van der Waals surface area contributed by atoms with E-state index in [1.165, 1.54) is 0 Å². The van der Waals surface area contributed by atoms with Gasteiger partial charge in [0.2, 0.25) is 0 Å². The monoisotopic (exact) mass is 306 g/mol. The van der Waals surface area contributed by atoms with Crippen LogP contribution in [0.1, 0.15) is 18.1 Å². The number of rotatable bonds is 5. The molecule has 4 heteroatoms. The quantitative estimate of drug-likeness (QED) is 0.672. The number of nitriles is 1. The Morgan fingerprint density at radius 2 is 1.91 bits per heavy atom. The molecule has 1 N–H and O–H groups in total. The molecule has 4 nitrogen and oxygen atoms in total. The first-order chi connectivity index (χ1) is 11.1. The lowest BCUT2D eigenvalue weighted by molar-refractivity contribution is -0.112. The third kappa shape index (κ3) is 4.45. The molecular formula is C19H18N2O2. The fraction of sp³-hybridized carbons (Fsp3) is 0.158. The fourth-order valence-electron chi connectivity index (χ4n) is 2.05.